The SMILES string of the molecule is CC(Cc1ccccc1)c1nc2c3c(ccc2n1C1CCCNCC1)N(C)C(C)CC3.O=CO. The molecule has 2 aromatic carbocycles. The van der Waals surface area contributed by atoms with E-state index >= 15 is 0 Å². The molecule has 182 valence electrons. The zero-order chi connectivity index (χ0) is 24.1. The first-order chi connectivity index (χ1) is 16.5. The van der Waals surface area contributed by atoms with Gasteiger partial charge in [0.25, 0.3) is 6.47 Å². The Kier molecular flexibility index (Phi) is 7.88. The fourth-order valence-corrected chi connectivity index (χ4v) is 5.63. The van der Waals surface area contributed by atoms with Crippen molar-refractivity contribution < 1.29 is 9.90 Å². The van der Waals surface area contributed by atoms with Gasteiger partial charge in [-0.25, -0.2) is 4.98 Å². The summed E-state index contributed by atoms with van der Waals surface area (Å²) in [5.41, 5.74) is 6.83. The van der Waals surface area contributed by atoms with Crippen LogP contribution in [0.2, 0.25) is 0 Å². The third-order valence-electron chi connectivity index (χ3n) is 7.56. The number of nitrogens with one attached hydrogen (secondary N) is 1. The molecule has 1 saturated heterocycles. The number of aryl methyl sites for hydroxylation is 1. The van der Waals surface area contributed by atoms with Crippen molar-refractivity contribution in [3.8, 4) is 0 Å². The highest BCUT2D eigenvalue weighted by Crippen LogP contribution is 2.39. The summed E-state index contributed by atoms with van der Waals surface area (Å²) in [4.78, 5) is 16.2. The van der Waals surface area contributed by atoms with Crippen LogP contribution in [-0.4, -0.2) is 47.3 Å². The summed E-state index contributed by atoms with van der Waals surface area (Å²) in [7, 11) is 2.24. The van der Waals surface area contributed by atoms with Crippen LogP contribution >= 0.6 is 0 Å². The van der Waals surface area contributed by atoms with Crippen molar-refractivity contribution in [2.24, 2.45) is 0 Å². The number of aromatic nitrogens is 2. The van der Waals surface area contributed by atoms with Crippen LogP contribution in [0, 0.1) is 0 Å². The average Bonchev–Trinajstić information content (AvgIpc) is 3.03. The number of rotatable bonds is 4. The molecule has 0 bridgehead atoms. The topological polar surface area (TPSA) is 70.4 Å². The Bertz CT molecular complexity index is 1090. The maximum absolute atomic E-state index is 8.36. The molecule has 2 N–H and O–H groups in total. The van der Waals surface area contributed by atoms with Gasteiger partial charge in [-0.2, -0.15) is 0 Å². The van der Waals surface area contributed by atoms with Crippen molar-refractivity contribution in [1.82, 2.24) is 14.9 Å². The monoisotopic (exact) mass is 462 g/mol. The molecule has 0 radical (unpaired) electrons. The number of nitrogens with zero attached hydrogens (tertiary/aromatic N) is 3. The molecule has 0 saturated carbocycles. The van der Waals surface area contributed by atoms with Crippen LogP contribution < -0.4 is 10.2 Å². The molecule has 34 heavy (non-hydrogen) atoms. The van der Waals surface area contributed by atoms with E-state index in [4.69, 9.17) is 14.9 Å². The highest BCUT2D eigenvalue weighted by molar-refractivity contribution is 5.86. The summed E-state index contributed by atoms with van der Waals surface area (Å²) in [6.45, 7) is 6.68. The maximum Gasteiger partial charge on any atom is 0.290 e. The van der Waals surface area contributed by atoms with Gasteiger partial charge in [-0.3, -0.25) is 4.79 Å². The van der Waals surface area contributed by atoms with Crippen molar-refractivity contribution in [3.05, 3.63) is 59.4 Å². The third-order valence-corrected chi connectivity index (χ3v) is 7.56. The minimum Gasteiger partial charge on any atom is -0.483 e. The average molecular weight is 463 g/mol. The van der Waals surface area contributed by atoms with Gasteiger partial charge in [0.2, 0.25) is 0 Å². The molecule has 6 heteroatoms. The predicted molar refractivity (Wildman–Crippen MR) is 139 cm³/mol. The van der Waals surface area contributed by atoms with Crippen molar-refractivity contribution in [2.75, 3.05) is 25.0 Å². The number of carboxylic acid groups (broad SMARTS) is 1. The fourth-order valence-electron chi connectivity index (χ4n) is 5.63. The van der Waals surface area contributed by atoms with E-state index in [1.165, 1.54) is 59.4 Å². The lowest BCUT2D eigenvalue weighted by Crippen LogP contribution is -2.33. The first-order valence-corrected chi connectivity index (χ1v) is 12.6. The van der Waals surface area contributed by atoms with Crippen molar-refractivity contribution in [2.45, 2.75) is 70.4 Å². The van der Waals surface area contributed by atoms with E-state index < -0.39 is 0 Å². The lowest BCUT2D eigenvalue weighted by molar-refractivity contribution is -0.122. The van der Waals surface area contributed by atoms with Crippen LogP contribution in [0.5, 0.6) is 0 Å². The van der Waals surface area contributed by atoms with Crippen LogP contribution in [0.1, 0.15) is 68.4 Å². The van der Waals surface area contributed by atoms with Gasteiger partial charge in [-0.15, -0.1) is 0 Å². The highest BCUT2D eigenvalue weighted by Gasteiger charge is 2.28. The maximum atomic E-state index is 8.36. The van der Waals surface area contributed by atoms with E-state index in [-0.39, 0.29) is 6.47 Å². The Hall–Kier alpha value is -2.86. The summed E-state index contributed by atoms with van der Waals surface area (Å²) < 4.78 is 2.63. The van der Waals surface area contributed by atoms with E-state index in [0.29, 0.717) is 18.0 Å². The first kappa shape index (κ1) is 24.3. The number of hydrogen-bond acceptors (Lipinski definition) is 4. The van der Waals surface area contributed by atoms with E-state index in [2.05, 4.69) is 78.1 Å². The van der Waals surface area contributed by atoms with Crippen LogP contribution in [0.3, 0.4) is 0 Å². The predicted octanol–water partition coefficient (Wildman–Crippen LogP) is 5.17. The number of hydrogen-bond donors (Lipinski definition) is 2. The molecule has 2 aliphatic heterocycles. The molecule has 0 amide bonds. The Labute approximate surface area is 203 Å². The second-order valence-corrected chi connectivity index (χ2v) is 9.80. The second kappa shape index (κ2) is 11.0. The first-order valence-electron chi connectivity index (χ1n) is 12.6. The Balaban J connectivity index is 0.000000868. The number of anilines is 1. The lowest BCUT2D eigenvalue weighted by Gasteiger charge is -2.34. The fraction of sp³-hybridized carbons (Fsp3) is 0.500. The summed E-state index contributed by atoms with van der Waals surface area (Å²) in [5.74, 6) is 1.67. The zero-order valence-electron chi connectivity index (χ0n) is 20.7. The molecule has 3 aromatic rings. The summed E-state index contributed by atoms with van der Waals surface area (Å²) in [5, 5.41) is 10.5. The molecule has 1 aromatic heterocycles. The van der Waals surface area contributed by atoms with Gasteiger partial charge in [0.15, 0.2) is 0 Å². The Morgan fingerprint density at radius 2 is 1.91 bits per heavy atom. The van der Waals surface area contributed by atoms with Crippen LogP contribution in [0.4, 0.5) is 5.69 Å². The molecule has 3 heterocycles. The molecular formula is C28H38N4O2. The molecule has 0 aliphatic carbocycles. The Morgan fingerprint density at radius 1 is 1.15 bits per heavy atom. The van der Waals surface area contributed by atoms with Crippen LogP contribution in [0.15, 0.2) is 42.5 Å². The largest absolute Gasteiger partial charge is 0.483 e. The normalized spacial score (nSPS) is 21.2. The van der Waals surface area contributed by atoms with Crippen molar-refractivity contribution in [3.63, 3.8) is 0 Å². The van der Waals surface area contributed by atoms with Gasteiger partial charge in [0.1, 0.15) is 5.82 Å². The van der Waals surface area contributed by atoms with Gasteiger partial charge in [-0.1, -0.05) is 37.3 Å². The van der Waals surface area contributed by atoms with Gasteiger partial charge in [0, 0.05) is 36.3 Å². The number of benzene rings is 2. The minimum atomic E-state index is -0.250. The molecule has 2 aliphatic rings. The van der Waals surface area contributed by atoms with Gasteiger partial charge in [-0.05, 0) is 76.2 Å². The zero-order valence-corrected chi connectivity index (χ0v) is 20.7. The molecule has 3 unspecified atom stereocenters. The minimum absolute atomic E-state index is 0.250. The summed E-state index contributed by atoms with van der Waals surface area (Å²) in [6, 6.07) is 16.7. The van der Waals surface area contributed by atoms with Gasteiger partial charge >= 0.3 is 0 Å². The molecular weight excluding hydrogens is 424 g/mol. The second-order valence-electron chi connectivity index (χ2n) is 9.80. The van der Waals surface area contributed by atoms with E-state index in [0.717, 1.165) is 25.9 Å². The van der Waals surface area contributed by atoms with E-state index in [1.54, 1.807) is 0 Å². The summed E-state index contributed by atoms with van der Waals surface area (Å²) in [6.07, 6.45) is 7.03. The standard InChI is InChI=1S/C27H36N4.CH2O2/c1-19(18-21-8-5-4-6-9-21)27-29-26-23-12-11-20(2)30(3)24(23)13-14-25(26)31(27)22-10-7-16-28-17-15-22;2-1-3/h4-6,8-9,13-14,19-20,22,28H,7,10-12,15-18H2,1-3H3;1H,(H,2,3). The Morgan fingerprint density at radius 3 is 2.68 bits per heavy atom. The quantitative estimate of drug-likeness (QED) is 0.524. The summed E-state index contributed by atoms with van der Waals surface area (Å²) >= 11 is 0. The van der Waals surface area contributed by atoms with Crippen LogP contribution in [0.25, 0.3) is 11.0 Å². The lowest BCUT2D eigenvalue weighted by atomic mass is 9.96. The number of fused-ring (bicyclic) bond motifs is 3. The van der Waals surface area contributed by atoms with Crippen molar-refractivity contribution in [1.29, 1.82) is 0 Å². The molecule has 0 spiro atoms. The van der Waals surface area contributed by atoms with E-state index in [1.807, 2.05) is 0 Å². The van der Waals surface area contributed by atoms with Crippen LogP contribution in [-0.2, 0) is 17.6 Å². The van der Waals surface area contributed by atoms with Gasteiger partial charge < -0.3 is 19.9 Å². The number of imidazole rings is 1. The third kappa shape index (κ3) is 4.97. The van der Waals surface area contributed by atoms with E-state index in [9.17, 15) is 0 Å². The molecule has 3 atom stereocenters. The molecule has 5 rings (SSSR count). The number of carbonyl (C=O) groups is 1. The highest BCUT2D eigenvalue weighted by atomic mass is 16.3. The smallest absolute Gasteiger partial charge is 0.290 e. The molecule has 6 nitrogen and oxygen atoms in total. The van der Waals surface area contributed by atoms with Crippen molar-refractivity contribution >= 4 is 23.2 Å². The molecule has 1 fully saturated rings. The van der Waals surface area contributed by atoms with Gasteiger partial charge in [0.05, 0.1) is 11.0 Å².